The zero-order valence-corrected chi connectivity index (χ0v) is 17.6. The van der Waals surface area contributed by atoms with E-state index in [4.69, 9.17) is 47.0 Å². The predicted octanol–water partition coefficient (Wildman–Crippen LogP) is 5.09. The molecule has 0 heterocycles. The van der Waals surface area contributed by atoms with E-state index in [1.54, 1.807) is 18.2 Å². The van der Waals surface area contributed by atoms with Gasteiger partial charge in [0.25, 0.3) is 5.91 Å². The first-order chi connectivity index (χ1) is 12.3. The minimum atomic E-state index is -1.78. The number of thiocarbonyl (C=S) groups is 1. The second-order valence-corrected chi connectivity index (χ2v) is 9.11. The minimum absolute atomic E-state index is 0.211. The summed E-state index contributed by atoms with van der Waals surface area (Å²) in [7, 11) is 0. The highest BCUT2D eigenvalue weighted by Gasteiger charge is 2.35. The van der Waals surface area contributed by atoms with Crippen molar-refractivity contribution < 1.29 is 4.79 Å². The standard InChI is InChI=1S/C18H22Cl3N3OS/c1-12-7-6-8-13(11-12)15(25)23-16(18(19,20)21)24-17(26)22-14-9-4-2-3-5-10-14/h6-8,11,16H,2-5,9-10H2,1H3,(H,23,25)(H,24,26). The summed E-state index contributed by atoms with van der Waals surface area (Å²) in [5.41, 5.74) is 2.49. The molecular weight excluding hydrogens is 413 g/mol. The van der Waals surface area contributed by atoms with Crippen LogP contribution in [0.15, 0.2) is 29.3 Å². The summed E-state index contributed by atoms with van der Waals surface area (Å²) < 4.78 is -1.78. The average molecular weight is 435 g/mol. The van der Waals surface area contributed by atoms with Crippen LogP contribution in [0, 0.1) is 6.92 Å². The summed E-state index contributed by atoms with van der Waals surface area (Å²) in [6, 6.07) is 7.15. The maximum absolute atomic E-state index is 12.5. The maximum Gasteiger partial charge on any atom is 0.252 e. The molecule has 1 aromatic rings. The quantitative estimate of drug-likeness (QED) is 0.301. The molecule has 0 saturated heterocycles. The van der Waals surface area contributed by atoms with E-state index in [1.165, 1.54) is 12.8 Å². The van der Waals surface area contributed by atoms with Crippen LogP contribution in [-0.4, -0.2) is 26.7 Å². The smallest absolute Gasteiger partial charge is 0.252 e. The summed E-state index contributed by atoms with van der Waals surface area (Å²) in [4.78, 5) is 16.9. The Labute approximate surface area is 174 Å². The number of halogens is 3. The Kier molecular flexibility index (Phi) is 8.14. The molecule has 0 aromatic heterocycles. The summed E-state index contributed by atoms with van der Waals surface area (Å²) in [6.45, 7) is 1.90. The lowest BCUT2D eigenvalue weighted by Gasteiger charge is -2.26. The highest BCUT2D eigenvalue weighted by atomic mass is 35.6. The SMILES string of the molecule is Cc1cccc(C(=O)NC(NC(=S)N=C2CCCCCC2)C(Cl)(Cl)Cl)c1. The van der Waals surface area contributed by atoms with Gasteiger partial charge in [-0.05, 0) is 57.0 Å². The van der Waals surface area contributed by atoms with Crippen molar-refractivity contribution in [3.63, 3.8) is 0 Å². The van der Waals surface area contributed by atoms with Crippen LogP contribution in [0.5, 0.6) is 0 Å². The first-order valence-electron chi connectivity index (χ1n) is 8.57. The Morgan fingerprint density at radius 3 is 2.38 bits per heavy atom. The largest absolute Gasteiger partial charge is 0.337 e. The molecule has 0 bridgehead atoms. The van der Waals surface area contributed by atoms with Crippen LogP contribution in [0.2, 0.25) is 0 Å². The number of aliphatic imine (C=N–C) groups is 1. The number of carbonyl (C=O) groups excluding carboxylic acids is 1. The molecule has 2 rings (SSSR count). The molecule has 8 heteroatoms. The summed E-state index contributed by atoms with van der Waals surface area (Å²) in [5, 5.41) is 5.75. The van der Waals surface area contributed by atoms with Gasteiger partial charge in [0.05, 0.1) is 0 Å². The molecule has 142 valence electrons. The lowest BCUT2D eigenvalue weighted by Crippen LogP contribution is -2.54. The van der Waals surface area contributed by atoms with Gasteiger partial charge in [-0.15, -0.1) is 0 Å². The van der Waals surface area contributed by atoms with Crippen molar-refractivity contribution in [3.8, 4) is 0 Å². The highest BCUT2D eigenvalue weighted by molar-refractivity contribution is 7.80. The van der Waals surface area contributed by atoms with E-state index >= 15 is 0 Å². The molecule has 4 nitrogen and oxygen atoms in total. The lowest BCUT2D eigenvalue weighted by molar-refractivity contribution is 0.0934. The van der Waals surface area contributed by atoms with Crippen LogP contribution in [0.25, 0.3) is 0 Å². The van der Waals surface area contributed by atoms with Gasteiger partial charge in [-0.2, -0.15) is 0 Å². The van der Waals surface area contributed by atoms with Crippen LogP contribution in [0.4, 0.5) is 0 Å². The second-order valence-electron chi connectivity index (χ2n) is 6.36. The molecule has 26 heavy (non-hydrogen) atoms. The summed E-state index contributed by atoms with van der Waals surface area (Å²) in [5.74, 6) is -0.359. The van der Waals surface area contributed by atoms with Gasteiger partial charge in [0.1, 0.15) is 6.17 Å². The Balaban J connectivity index is 2.06. The molecule has 0 aliphatic heterocycles. The highest BCUT2D eigenvalue weighted by Crippen LogP contribution is 2.29. The Morgan fingerprint density at radius 1 is 1.15 bits per heavy atom. The van der Waals surface area contributed by atoms with E-state index < -0.39 is 9.96 Å². The molecular formula is C18H22Cl3N3OS. The molecule has 1 aliphatic carbocycles. The van der Waals surface area contributed by atoms with Crippen LogP contribution in [-0.2, 0) is 0 Å². The van der Waals surface area contributed by atoms with Crippen molar-refractivity contribution >= 4 is 63.8 Å². The van der Waals surface area contributed by atoms with Gasteiger partial charge in [0, 0.05) is 11.3 Å². The van der Waals surface area contributed by atoms with Gasteiger partial charge >= 0.3 is 0 Å². The zero-order chi connectivity index (χ0) is 19.2. The molecule has 0 radical (unpaired) electrons. The summed E-state index contributed by atoms with van der Waals surface area (Å²) in [6.07, 6.45) is 5.50. The van der Waals surface area contributed by atoms with E-state index in [2.05, 4.69) is 15.6 Å². The van der Waals surface area contributed by atoms with Gasteiger partial charge in [-0.1, -0.05) is 65.3 Å². The minimum Gasteiger partial charge on any atom is -0.337 e. The number of nitrogens with one attached hydrogen (secondary N) is 2. The van der Waals surface area contributed by atoms with Crippen LogP contribution < -0.4 is 10.6 Å². The topological polar surface area (TPSA) is 53.5 Å². The third kappa shape index (κ3) is 7.03. The Morgan fingerprint density at radius 2 is 1.81 bits per heavy atom. The van der Waals surface area contributed by atoms with E-state index in [-0.39, 0.29) is 11.0 Å². The molecule has 1 aliphatic rings. The molecule has 1 amide bonds. The number of rotatable bonds is 3. The molecule has 1 atom stereocenters. The number of hydrogen-bond acceptors (Lipinski definition) is 2. The number of benzene rings is 1. The number of alkyl halides is 3. The van der Waals surface area contributed by atoms with E-state index in [1.807, 2.05) is 13.0 Å². The van der Waals surface area contributed by atoms with Gasteiger partial charge in [-0.3, -0.25) is 4.79 Å². The normalized spacial score (nSPS) is 16.4. The van der Waals surface area contributed by atoms with Gasteiger partial charge in [0.2, 0.25) is 3.79 Å². The molecule has 2 N–H and O–H groups in total. The van der Waals surface area contributed by atoms with Crippen molar-refractivity contribution in [2.24, 2.45) is 4.99 Å². The van der Waals surface area contributed by atoms with Crippen molar-refractivity contribution in [2.45, 2.75) is 55.4 Å². The molecule has 1 fully saturated rings. The first-order valence-corrected chi connectivity index (χ1v) is 10.1. The van der Waals surface area contributed by atoms with E-state index in [0.29, 0.717) is 5.56 Å². The first kappa shape index (κ1) is 21.4. The van der Waals surface area contributed by atoms with Crippen LogP contribution in [0.1, 0.15) is 54.4 Å². The number of aryl methyl sites for hydroxylation is 1. The fraction of sp³-hybridized carbons (Fsp3) is 0.500. The number of amides is 1. The monoisotopic (exact) mass is 433 g/mol. The van der Waals surface area contributed by atoms with Gasteiger partial charge < -0.3 is 10.6 Å². The van der Waals surface area contributed by atoms with Crippen molar-refractivity contribution in [1.29, 1.82) is 0 Å². The Hall–Kier alpha value is -0.880. The van der Waals surface area contributed by atoms with E-state index in [0.717, 1.165) is 37.0 Å². The fourth-order valence-corrected chi connectivity index (χ4v) is 3.32. The molecule has 1 unspecified atom stereocenters. The van der Waals surface area contributed by atoms with Crippen molar-refractivity contribution in [1.82, 2.24) is 10.6 Å². The molecule has 1 saturated carbocycles. The van der Waals surface area contributed by atoms with E-state index in [9.17, 15) is 4.79 Å². The zero-order valence-electron chi connectivity index (χ0n) is 14.5. The van der Waals surface area contributed by atoms with Crippen LogP contribution in [0.3, 0.4) is 0 Å². The number of carbonyl (C=O) groups is 1. The maximum atomic E-state index is 12.5. The average Bonchev–Trinajstić information content (AvgIpc) is 2.82. The number of hydrogen-bond donors (Lipinski definition) is 2. The Bertz CT molecular complexity index is 679. The van der Waals surface area contributed by atoms with Crippen LogP contribution >= 0.6 is 47.0 Å². The predicted molar refractivity (Wildman–Crippen MR) is 114 cm³/mol. The van der Waals surface area contributed by atoms with Crippen molar-refractivity contribution in [3.05, 3.63) is 35.4 Å². The molecule has 1 aromatic carbocycles. The fourth-order valence-electron chi connectivity index (χ4n) is 2.75. The number of nitrogens with zero attached hydrogens (tertiary/aromatic N) is 1. The van der Waals surface area contributed by atoms with Crippen molar-refractivity contribution in [2.75, 3.05) is 0 Å². The van der Waals surface area contributed by atoms with Gasteiger partial charge in [-0.25, -0.2) is 4.99 Å². The molecule has 0 spiro atoms. The second kappa shape index (κ2) is 9.88. The lowest BCUT2D eigenvalue weighted by atomic mass is 10.1. The summed E-state index contributed by atoms with van der Waals surface area (Å²) >= 11 is 23.4. The third-order valence-corrected chi connectivity index (χ3v) is 4.95. The van der Waals surface area contributed by atoms with Gasteiger partial charge in [0.15, 0.2) is 5.11 Å². The third-order valence-electron chi connectivity index (χ3n) is 4.09.